The van der Waals surface area contributed by atoms with E-state index in [9.17, 15) is 0 Å². The molecule has 0 radical (unpaired) electrons. The molecule has 0 aromatic carbocycles. The summed E-state index contributed by atoms with van der Waals surface area (Å²) in [6, 6.07) is 1.01. The first kappa shape index (κ1) is 26.9. The second kappa shape index (κ2) is 14.8. The zero-order valence-corrected chi connectivity index (χ0v) is 21.5. The van der Waals surface area contributed by atoms with Crippen molar-refractivity contribution < 1.29 is 9.47 Å². The van der Waals surface area contributed by atoms with E-state index in [-0.39, 0.29) is 24.0 Å². The lowest BCUT2D eigenvalue weighted by Crippen LogP contribution is -2.54. The number of hydrogen-bond acceptors (Lipinski definition) is 5. The average Bonchev–Trinajstić information content (AvgIpc) is 2.70. The number of halogens is 1. The maximum atomic E-state index is 5.53. The van der Waals surface area contributed by atoms with Gasteiger partial charge in [-0.2, -0.15) is 0 Å². The molecule has 2 heterocycles. The number of rotatable bonds is 9. The Kier molecular flexibility index (Phi) is 13.7. The van der Waals surface area contributed by atoms with Crippen molar-refractivity contribution >= 4 is 29.9 Å². The zero-order chi connectivity index (χ0) is 20.4. The summed E-state index contributed by atoms with van der Waals surface area (Å²) in [7, 11) is 1.86. The van der Waals surface area contributed by atoms with Crippen molar-refractivity contribution in [3.63, 3.8) is 0 Å². The monoisotopic (exact) mass is 525 g/mol. The third kappa shape index (κ3) is 9.67. The Morgan fingerprint density at radius 2 is 1.38 bits per heavy atom. The normalized spacial score (nSPS) is 21.7. The van der Waals surface area contributed by atoms with Crippen LogP contribution in [0.2, 0.25) is 0 Å². The van der Waals surface area contributed by atoms with Gasteiger partial charge in [-0.25, -0.2) is 0 Å². The summed E-state index contributed by atoms with van der Waals surface area (Å²) in [4.78, 5) is 9.58. The lowest BCUT2D eigenvalue weighted by molar-refractivity contribution is 0.00743. The fourth-order valence-electron chi connectivity index (χ4n) is 4.18. The highest BCUT2D eigenvalue weighted by Gasteiger charge is 2.25. The highest BCUT2D eigenvalue weighted by molar-refractivity contribution is 14.0. The Morgan fingerprint density at radius 3 is 1.86 bits per heavy atom. The van der Waals surface area contributed by atoms with Crippen molar-refractivity contribution in [3.05, 3.63) is 0 Å². The third-order valence-electron chi connectivity index (χ3n) is 5.80. The van der Waals surface area contributed by atoms with Gasteiger partial charge in [0.25, 0.3) is 0 Å². The van der Waals surface area contributed by atoms with Crippen LogP contribution in [0.25, 0.3) is 0 Å². The minimum atomic E-state index is 0. The molecule has 0 aromatic rings. The molecule has 2 N–H and O–H groups in total. The Balaban J connectivity index is 0.00000420. The van der Waals surface area contributed by atoms with Gasteiger partial charge < -0.3 is 20.1 Å². The van der Waals surface area contributed by atoms with Crippen LogP contribution in [-0.2, 0) is 9.47 Å². The number of aliphatic imine (C=N–C) groups is 1. The zero-order valence-electron chi connectivity index (χ0n) is 19.2. The number of hydrogen-bond donors (Lipinski definition) is 2. The molecule has 0 saturated carbocycles. The molecule has 2 aliphatic rings. The Morgan fingerprint density at radius 1 is 0.862 bits per heavy atom. The predicted octanol–water partition coefficient (Wildman–Crippen LogP) is 1.87. The van der Waals surface area contributed by atoms with Gasteiger partial charge in [0.05, 0.1) is 26.4 Å². The van der Waals surface area contributed by atoms with Gasteiger partial charge in [0.15, 0.2) is 5.96 Å². The maximum Gasteiger partial charge on any atom is 0.191 e. The Bertz CT molecular complexity index is 452. The molecule has 7 nitrogen and oxygen atoms in total. The van der Waals surface area contributed by atoms with E-state index in [4.69, 9.17) is 9.47 Å². The lowest BCUT2D eigenvalue weighted by Gasteiger charge is -2.37. The van der Waals surface area contributed by atoms with Crippen LogP contribution in [0.3, 0.4) is 0 Å². The van der Waals surface area contributed by atoms with Gasteiger partial charge in [-0.1, -0.05) is 27.7 Å². The molecule has 2 rings (SSSR count). The van der Waals surface area contributed by atoms with Crippen molar-refractivity contribution in [2.45, 2.75) is 46.2 Å². The molecule has 0 aromatic heterocycles. The quantitative estimate of drug-likeness (QED) is 0.273. The predicted molar refractivity (Wildman–Crippen MR) is 131 cm³/mol. The summed E-state index contributed by atoms with van der Waals surface area (Å²) >= 11 is 0. The van der Waals surface area contributed by atoms with Gasteiger partial charge in [0, 0.05) is 58.4 Å². The second-order valence-corrected chi connectivity index (χ2v) is 8.73. The Hall–Kier alpha value is -0.160. The number of morpholine rings is 2. The van der Waals surface area contributed by atoms with Gasteiger partial charge in [-0.15, -0.1) is 24.0 Å². The maximum absolute atomic E-state index is 5.53. The number of nitrogens with one attached hydrogen (secondary N) is 2. The first-order valence-electron chi connectivity index (χ1n) is 11.1. The molecule has 2 fully saturated rings. The largest absolute Gasteiger partial charge is 0.379 e. The van der Waals surface area contributed by atoms with Crippen molar-refractivity contribution in [3.8, 4) is 0 Å². The number of nitrogens with zero attached hydrogens (tertiary/aromatic N) is 3. The minimum Gasteiger partial charge on any atom is -0.379 e. The van der Waals surface area contributed by atoms with Gasteiger partial charge in [0.2, 0.25) is 0 Å². The van der Waals surface area contributed by atoms with Crippen LogP contribution in [0.4, 0.5) is 0 Å². The smallest absolute Gasteiger partial charge is 0.191 e. The van der Waals surface area contributed by atoms with E-state index in [0.717, 1.165) is 71.7 Å². The third-order valence-corrected chi connectivity index (χ3v) is 5.80. The Labute approximate surface area is 195 Å². The van der Waals surface area contributed by atoms with E-state index in [1.165, 1.54) is 6.42 Å². The summed E-state index contributed by atoms with van der Waals surface area (Å²) in [6.07, 6.45) is 1.19. The molecule has 0 spiro atoms. The molecule has 2 atom stereocenters. The van der Waals surface area contributed by atoms with E-state index in [1.54, 1.807) is 0 Å². The van der Waals surface area contributed by atoms with Crippen molar-refractivity contribution in [2.75, 3.05) is 72.7 Å². The number of guanidine groups is 1. The van der Waals surface area contributed by atoms with E-state index in [0.29, 0.717) is 23.9 Å². The fraction of sp³-hybridized carbons (Fsp3) is 0.952. The van der Waals surface area contributed by atoms with Gasteiger partial charge >= 0.3 is 0 Å². The molecular formula is C21H44IN5O2. The molecule has 2 unspecified atom stereocenters. The van der Waals surface area contributed by atoms with Gasteiger partial charge in [-0.3, -0.25) is 14.8 Å². The number of ether oxygens (including phenoxy) is 2. The molecule has 2 saturated heterocycles. The van der Waals surface area contributed by atoms with Crippen LogP contribution in [-0.4, -0.2) is 101 Å². The van der Waals surface area contributed by atoms with Crippen LogP contribution in [0.5, 0.6) is 0 Å². The highest BCUT2D eigenvalue weighted by Crippen LogP contribution is 2.14. The van der Waals surface area contributed by atoms with Crippen LogP contribution in [0, 0.1) is 11.8 Å². The summed E-state index contributed by atoms with van der Waals surface area (Å²) in [5.41, 5.74) is 0. The van der Waals surface area contributed by atoms with Crippen molar-refractivity contribution in [1.82, 2.24) is 20.4 Å². The van der Waals surface area contributed by atoms with E-state index >= 15 is 0 Å². The van der Waals surface area contributed by atoms with Crippen LogP contribution in [0.1, 0.15) is 34.1 Å². The molecule has 0 bridgehead atoms. The van der Waals surface area contributed by atoms with Crippen molar-refractivity contribution in [1.29, 1.82) is 0 Å². The SMILES string of the molecule is CN=C(NCC(CC(C)C)N1CCOCC1)NCC(C(C)C)N1CCOCC1.I. The summed E-state index contributed by atoms with van der Waals surface area (Å²) in [6.45, 7) is 18.5. The average molecular weight is 526 g/mol. The summed E-state index contributed by atoms with van der Waals surface area (Å²) in [5.74, 6) is 2.17. The van der Waals surface area contributed by atoms with Gasteiger partial charge in [0.1, 0.15) is 0 Å². The fourth-order valence-corrected chi connectivity index (χ4v) is 4.18. The van der Waals surface area contributed by atoms with E-state index in [1.807, 2.05) is 7.05 Å². The molecule has 2 aliphatic heterocycles. The van der Waals surface area contributed by atoms with E-state index < -0.39 is 0 Å². The molecule has 0 aliphatic carbocycles. The first-order valence-corrected chi connectivity index (χ1v) is 11.1. The first-order chi connectivity index (χ1) is 13.5. The van der Waals surface area contributed by atoms with Gasteiger partial charge in [-0.05, 0) is 18.3 Å². The summed E-state index contributed by atoms with van der Waals surface area (Å²) in [5, 5.41) is 7.16. The minimum absolute atomic E-state index is 0. The van der Waals surface area contributed by atoms with Crippen LogP contribution in [0.15, 0.2) is 4.99 Å². The summed E-state index contributed by atoms with van der Waals surface area (Å²) < 4.78 is 11.1. The van der Waals surface area contributed by atoms with E-state index in [2.05, 4.69) is 53.1 Å². The highest BCUT2D eigenvalue weighted by atomic mass is 127. The lowest BCUT2D eigenvalue weighted by atomic mass is 10.0. The second-order valence-electron chi connectivity index (χ2n) is 8.73. The molecule has 29 heavy (non-hydrogen) atoms. The molecule has 172 valence electrons. The molecular weight excluding hydrogens is 481 g/mol. The van der Waals surface area contributed by atoms with Crippen LogP contribution < -0.4 is 10.6 Å². The molecule has 0 amide bonds. The van der Waals surface area contributed by atoms with Crippen molar-refractivity contribution in [2.24, 2.45) is 16.8 Å². The van der Waals surface area contributed by atoms with Crippen LogP contribution >= 0.6 is 24.0 Å². The molecule has 8 heteroatoms. The topological polar surface area (TPSA) is 61.4 Å². The standard InChI is InChI=1S/C21H43N5O2.HI/c1-17(2)14-19(25-6-10-27-11-7-25)15-23-21(22-5)24-16-20(18(3)4)26-8-12-28-13-9-26;/h17-20H,6-16H2,1-5H3,(H2,22,23,24);1H.